The highest BCUT2D eigenvalue weighted by Crippen LogP contribution is 2.47. The molecule has 33 heavy (non-hydrogen) atoms. The summed E-state index contributed by atoms with van der Waals surface area (Å²) < 4.78 is 11.2. The van der Waals surface area contributed by atoms with E-state index < -0.39 is 0 Å². The third kappa shape index (κ3) is 5.88. The molecule has 0 atom stereocenters. The van der Waals surface area contributed by atoms with Gasteiger partial charge in [-0.25, -0.2) is 4.79 Å². The lowest BCUT2D eigenvalue weighted by Crippen LogP contribution is -2.34. The standard InChI is InChI=1S/C30H36O3/c1-7-9-10-19-33-27-21-26-25(29(3,4)17-18-30(26,5)6)20-24(27)16-13-22-11-14-23(15-12-22)28(31)32-8-2/h11-16,20-21H,7-8,17-19H2,1-6H3/b16-13+. The van der Waals surface area contributed by atoms with Gasteiger partial charge in [0.1, 0.15) is 12.4 Å². The molecule has 0 fully saturated rings. The van der Waals surface area contributed by atoms with E-state index in [1.807, 2.05) is 26.0 Å². The highest BCUT2D eigenvalue weighted by atomic mass is 16.5. The van der Waals surface area contributed by atoms with Crippen molar-refractivity contribution in [1.82, 2.24) is 0 Å². The van der Waals surface area contributed by atoms with E-state index in [1.165, 1.54) is 11.1 Å². The molecule has 3 heteroatoms. The Bertz CT molecular complexity index is 1080. The maximum Gasteiger partial charge on any atom is 0.338 e. The highest BCUT2D eigenvalue weighted by molar-refractivity contribution is 5.89. The first-order valence-corrected chi connectivity index (χ1v) is 11.9. The predicted molar refractivity (Wildman–Crippen MR) is 137 cm³/mol. The van der Waals surface area contributed by atoms with Crippen molar-refractivity contribution >= 4 is 18.1 Å². The minimum Gasteiger partial charge on any atom is -0.480 e. The second-order valence-electron chi connectivity index (χ2n) is 9.87. The molecule has 2 aromatic carbocycles. The molecule has 0 N–H and O–H groups in total. The van der Waals surface area contributed by atoms with E-state index in [2.05, 4.69) is 63.8 Å². The van der Waals surface area contributed by atoms with Crippen molar-refractivity contribution in [3.05, 3.63) is 64.2 Å². The summed E-state index contributed by atoms with van der Waals surface area (Å²) in [4.78, 5) is 11.9. The van der Waals surface area contributed by atoms with Crippen LogP contribution in [0.3, 0.4) is 0 Å². The molecule has 174 valence electrons. The first-order valence-electron chi connectivity index (χ1n) is 11.9. The maximum atomic E-state index is 11.9. The zero-order valence-corrected chi connectivity index (χ0v) is 20.9. The normalized spacial score (nSPS) is 15.9. The van der Waals surface area contributed by atoms with Crippen LogP contribution in [0.2, 0.25) is 0 Å². The summed E-state index contributed by atoms with van der Waals surface area (Å²) in [7, 11) is 0. The Kier molecular flexibility index (Phi) is 7.69. The van der Waals surface area contributed by atoms with E-state index in [4.69, 9.17) is 9.47 Å². The summed E-state index contributed by atoms with van der Waals surface area (Å²) >= 11 is 0. The number of carbonyl (C=O) groups excluding carboxylic acids is 1. The van der Waals surface area contributed by atoms with Crippen LogP contribution < -0.4 is 4.74 Å². The monoisotopic (exact) mass is 444 g/mol. The lowest BCUT2D eigenvalue weighted by Gasteiger charge is -2.42. The minimum absolute atomic E-state index is 0.114. The predicted octanol–water partition coefficient (Wildman–Crippen LogP) is 7.17. The van der Waals surface area contributed by atoms with Gasteiger partial charge in [0, 0.05) is 12.0 Å². The van der Waals surface area contributed by atoms with Gasteiger partial charge in [-0.05, 0) is 71.6 Å². The van der Waals surface area contributed by atoms with Gasteiger partial charge in [-0.2, -0.15) is 0 Å². The fourth-order valence-electron chi connectivity index (χ4n) is 4.29. The first-order chi connectivity index (χ1) is 15.7. The topological polar surface area (TPSA) is 35.5 Å². The summed E-state index contributed by atoms with van der Waals surface area (Å²) in [5, 5.41) is 0. The Hall–Kier alpha value is -2.99. The largest absolute Gasteiger partial charge is 0.480 e. The zero-order chi connectivity index (χ0) is 24.1. The fourth-order valence-corrected chi connectivity index (χ4v) is 4.29. The number of carbonyl (C=O) groups is 1. The number of esters is 1. The van der Waals surface area contributed by atoms with Gasteiger partial charge < -0.3 is 9.47 Å². The molecular weight excluding hydrogens is 408 g/mol. The maximum absolute atomic E-state index is 11.9. The number of benzene rings is 2. The molecule has 1 aliphatic carbocycles. The molecule has 0 amide bonds. The molecule has 0 unspecified atom stereocenters. The summed E-state index contributed by atoms with van der Waals surface area (Å²) in [6.45, 7) is 13.9. The van der Waals surface area contributed by atoms with E-state index in [-0.39, 0.29) is 16.8 Å². The Morgan fingerprint density at radius 2 is 1.58 bits per heavy atom. The number of hydrogen-bond acceptors (Lipinski definition) is 3. The molecule has 0 aromatic heterocycles. The molecule has 0 aliphatic heterocycles. The smallest absolute Gasteiger partial charge is 0.338 e. The Labute approximate surface area is 199 Å². The van der Waals surface area contributed by atoms with Crippen LogP contribution in [-0.2, 0) is 15.6 Å². The van der Waals surface area contributed by atoms with Crippen molar-refractivity contribution in [1.29, 1.82) is 0 Å². The van der Waals surface area contributed by atoms with Crippen LogP contribution in [0, 0.1) is 11.8 Å². The summed E-state index contributed by atoms with van der Waals surface area (Å²) in [5.41, 5.74) is 5.62. The average Bonchev–Trinajstić information content (AvgIpc) is 2.79. The molecule has 1 aliphatic rings. The molecular formula is C30H36O3. The molecule has 0 saturated carbocycles. The van der Waals surface area contributed by atoms with Crippen molar-refractivity contribution in [2.45, 2.75) is 71.6 Å². The van der Waals surface area contributed by atoms with Gasteiger partial charge in [-0.3, -0.25) is 0 Å². The van der Waals surface area contributed by atoms with Crippen LogP contribution in [0.4, 0.5) is 0 Å². The molecule has 0 spiro atoms. The molecule has 0 heterocycles. The zero-order valence-electron chi connectivity index (χ0n) is 20.9. The van der Waals surface area contributed by atoms with Gasteiger partial charge in [-0.15, -0.1) is 5.92 Å². The quantitative estimate of drug-likeness (QED) is 0.269. The average molecular weight is 445 g/mol. The molecule has 0 saturated heterocycles. The molecule has 0 radical (unpaired) electrons. The molecule has 0 bridgehead atoms. The third-order valence-electron chi connectivity index (χ3n) is 6.46. The third-order valence-corrected chi connectivity index (χ3v) is 6.46. The molecule has 3 nitrogen and oxygen atoms in total. The Morgan fingerprint density at radius 3 is 2.18 bits per heavy atom. The Balaban J connectivity index is 1.97. The molecule has 2 aromatic rings. The van der Waals surface area contributed by atoms with Crippen molar-refractivity contribution < 1.29 is 14.3 Å². The summed E-state index contributed by atoms with van der Waals surface area (Å²) in [6.07, 6.45) is 7.29. The summed E-state index contributed by atoms with van der Waals surface area (Å²) in [6, 6.07) is 12.0. The van der Waals surface area contributed by atoms with E-state index in [0.717, 1.165) is 36.1 Å². The van der Waals surface area contributed by atoms with Crippen molar-refractivity contribution in [3.8, 4) is 17.6 Å². The second-order valence-corrected chi connectivity index (χ2v) is 9.87. The second kappa shape index (κ2) is 10.3. The van der Waals surface area contributed by atoms with Gasteiger partial charge >= 0.3 is 5.97 Å². The van der Waals surface area contributed by atoms with Crippen LogP contribution in [0.5, 0.6) is 5.75 Å². The highest BCUT2D eigenvalue weighted by Gasteiger charge is 2.37. The number of fused-ring (bicyclic) bond motifs is 1. The Morgan fingerprint density at radius 1 is 0.939 bits per heavy atom. The first kappa shape index (κ1) is 24.6. The fraction of sp³-hybridized carbons (Fsp3) is 0.433. The van der Waals surface area contributed by atoms with E-state index in [9.17, 15) is 4.79 Å². The van der Waals surface area contributed by atoms with Crippen molar-refractivity contribution in [2.24, 2.45) is 0 Å². The van der Waals surface area contributed by atoms with Crippen LogP contribution in [0.25, 0.3) is 12.2 Å². The number of hydrogen-bond donors (Lipinski definition) is 0. The van der Waals surface area contributed by atoms with E-state index in [1.54, 1.807) is 12.1 Å². The lowest BCUT2D eigenvalue weighted by atomic mass is 9.63. The minimum atomic E-state index is -0.295. The van der Waals surface area contributed by atoms with Crippen LogP contribution in [0.1, 0.15) is 93.4 Å². The van der Waals surface area contributed by atoms with Gasteiger partial charge in [0.15, 0.2) is 0 Å². The van der Waals surface area contributed by atoms with Gasteiger partial charge in [0.05, 0.1) is 12.2 Å². The van der Waals surface area contributed by atoms with E-state index in [0.29, 0.717) is 18.8 Å². The van der Waals surface area contributed by atoms with E-state index >= 15 is 0 Å². The summed E-state index contributed by atoms with van der Waals surface area (Å²) in [5.74, 6) is 6.74. The lowest BCUT2D eigenvalue weighted by molar-refractivity contribution is 0.0526. The van der Waals surface area contributed by atoms with Crippen LogP contribution in [0.15, 0.2) is 36.4 Å². The van der Waals surface area contributed by atoms with Gasteiger partial charge in [0.2, 0.25) is 0 Å². The van der Waals surface area contributed by atoms with Crippen LogP contribution >= 0.6 is 0 Å². The number of ether oxygens (including phenoxy) is 2. The van der Waals surface area contributed by atoms with Crippen molar-refractivity contribution in [2.75, 3.05) is 13.2 Å². The van der Waals surface area contributed by atoms with Crippen LogP contribution in [-0.4, -0.2) is 19.2 Å². The molecule has 3 rings (SSSR count). The SMILES string of the molecule is CCC#CCOc1cc2c(cc1/C=C/c1ccc(C(=O)OCC)cc1)C(C)(C)CCC2(C)C. The van der Waals surface area contributed by atoms with Gasteiger partial charge in [-0.1, -0.05) is 64.8 Å². The number of rotatable bonds is 6. The van der Waals surface area contributed by atoms with Gasteiger partial charge in [0.25, 0.3) is 0 Å². The van der Waals surface area contributed by atoms with Crippen molar-refractivity contribution in [3.63, 3.8) is 0 Å².